The van der Waals surface area contributed by atoms with Gasteiger partial charge < -0.3 is 5.11 Å². The Hall–Kier alpha value is -1.71. The maximum atomic E-state index is 10.9. The van der Waals surface area contributed by atoms with Crippen molar-refractivity contribution >= 4 is 11.6 Å². The molecule has 0 fully saturated rings. The Morgan fingerprint density at radius 2 is 1.72 bits per heavy atom. The van der Waals surface area contributed by atoms with Crippen LogP contribution in [0.15, 0.2) is 55.1 Å². The summed E-state index contributed by atoms with van der Waals surface area (Å²) in [6, 6.07) is 7.00. The first-order valence-corrected chi connectivity index (χ1v) is 5.83. The summed E-state index contributed by atoms with van der Waals surface area (Å²) in [4.78, 5) is 7.88. The molecule has 92 valence electrons. The van der Waals surface area contributed by atoms with Crippen molar-refractivity contribution in [3.8, 4) is 0 Å². The summed E-state index contributed by atoms with van der Waals surface area (Å²) in [6.07, 6.45) is 4.58. The molecule has 0 aliphatic rings. The van der Waals surface area contributed by atoms with Gasteiger partial charge in [0.2, 0.25) is 0 Å². The third-order valence-corrected chi connectivity index (χ3v) is 3.11. The van der Waals surface area contributed by atoms with E-state index in [2.05, 4.69) is 16.5 Å². The number of aromatic nitrogens is 2. The number of aliphatic hydroxyl groups is 1. The van der Waals surface area contributed by atoms with Crippen LogP contribution in [0.1, 0.15) is 18.1 Å². The molecule has 1 N–H and O–H groups in total. The standard InChI is InChI=1S/C14H13ClN2O/c1-10(2)14(18,12-7-16-9-17-8-12)11-3-5-13(15)6-4-11/h3-9,18H,1H2,2H3. The molecule has 1 atom stereocenters. The highest BCUT2D eigenvalue weighted by Gasteiger charge is 2.33. The molecule has 0 radical (unpaired) electrons. The lowest BCUT2D eigenvalue weighted by Crippen LogP contribution is -2.28. The zero-order valence-electron chi connectivity index (χ0n) is 9.97. The topological polar surface area (TPSA) is 46.0 Å². The number of hydrogen-bond acceptors (Lipinski definition) is 3. The van der Waals surface area contributed by atoms with Gasteiger partial charge in [0.15, 0.2) is 0 Å². The molecule has 1 aromatic heterocycles. The highest BCUT2D eigenvalue weighted by atomic mass is 35.5. The van der Waals surface area contributed by atoms with Crippen molar-refractivity contribution in [3.63, 3.8) is 0 Å². The normalized spacial score (nSPS) is 13.9. The summed E-state index contributed by atoms with van der Waals surface area (Å²) < 4.78 is 0. The average molecular weight is 261 g/mol. The summed E-state index contributed by atoms with van der Waals surface area (Å²) in [7, 11) is 0. The molecule has 0 saturated carbocycles. The van der Waals surface area contributed by atoms with Crippen molar-refractivity contribution < 1.29 is 5.11 Å². The fourth-order valence-corrected chi connectivity index (χ4v) is 1.96. The van der Waals surface area contributed by atoms with Gasteiger partial charge in [-0.05, 0) is 30.2 Å². The van der Waals surface area contributed by atoms with Gasteiger partial charge in [-0.25, -0.2) is 9.97 Å². The quantitative estimate of drug-likeness (QED) is 0.863. The summed E-state index contributed by atoms with van der Waals surface area (Å²) in [5, 5.41) is 11.5. The second kappa shape index (κ2) is 4.88. The van der Waals surface area contributed by atoms with Crippen LogP contribution >= 0.6 is 11.6 Å². The number of benzene rings is 1. The third kappa shape index (κ3) is 2.15. The molecule has 0 amide bonds. The van der Waals surface area contributed by atoms with E-state index in [4.69, 9.17) is 11.6 Å². The van der Waals surface area contributed by atoms with Gasteiger partial charge in [-0.2, -0.15) is 0 Å². The molecule has 1 heterocycles. The Morgan fingerprint density at radius 3 is 2.22 bits per heavy atom. The van der Waals surface area contributed by atoms with E-state index in [1.165, 1.54) is 6.33 Å². The molecule has 0 spiro atoms. The number of halogens is 1. The fraction of sp³-hybridized carbons (Fsp3) is 0.143. The SMILES string of the molecule is C=C(C)C(O)(c1ccc(Cl)cc1)c1cncnc1. The van der Waals surface area contributed by atoms with Crippen molar-refractivity contribution in [2.45, 2.75) is 12.5 Å². The summed E-state index contributed by atoms with van der Waals surface area (Å²) in [5.41, 5.74) is 0.569. The Labute approximate surface area is 111 Å². The first-order valence-electron chi connectivity index (χ1n) is 5.45. The fourth-order valence-electron chi connectivity index (χ4n) is 1.84. The second-order valence-electron chi connectivity index (χ2n) is 4.12. The zero-order valence-corrected chi connectivity index (χ0v) is 10.7. The van der Waals surface area contributed by atoms with Gasteiger partial charge in [-0.15, -0.1) is 0 Å². The lowest BCUT2D eigenvalue weighted by molar-refractivity contribution is 0.120. The van der Waals surface area contributed by atoms with Crippen molar-refractivity contribution in [2.75, 3.05) is 0 Å². The number of nitrogens with zero attached hydrogens (tertiary/aromatic N) is 2. The van der Waals surface area contributed by atoms with Crippen molar-refractivity contribution in [2.24, 2.45) is 0 Å². The minimum absolute atomic E-state index is 0.583. The zero-order chi connectivity index (χ0) is 13.2. The lowest BCUT2D eigenvalue weighted by Gasteiger charge is -2.29. The van der Waals surface area contributed by atoms with Crippen molar-refractivity contribution in [1.29, 1.82) is 0 Å². The Kier molecular flexibility index (Phi) is 3.45. The smallest absolute Gasteiger partial charge is 0.139 e. The van der Waals surface area contributed by atoms with Crippen LogP contribution in [-0.2, 0) is 5.60 Å². The summed E-state index contributed by atoms with van der Waals surface area (Å²) in [6.45, 7) is 5.63. The van der Waals surface area contributed by atoms with E-state index in [0.717, 1.165) is 0 Å². The molecule has 1 unspecified atom stereocenters. The number of rotatable bonds is 3. The Bertz CT molecular complexity index is 554. The molecule has 4 heteroatoms. The molecular weight excluding hydrogens is 248 g/mol. The van der Waals surface area contributed by atoms with Gasteiger partial charge in [0.05, 0.1) is 0 Å². The van der Waals surface area contributed by atoms with Crippen molar-refractivity contribution in [3.05, 3.63) is 71.3 Å². The maximum absolute atomic E-state index is 10.9. The minimum Gasteiger partial charge on any atom is -0.376 e. The van der Waals surface area contributed by atoms with Gasteiger partial charge in [-0.3, -0.25) is 0 Å². The largest absolute Gasteiger partial charge is 0.376 e. The summed E-state index contributed by atoms with van der Waals surface area (Å²) in [5.74, 6) is 0. The van der Waals surface area contributed by atoms with Gasteiger partial charge >= 0.3 is 0 Å². The van der Waals surface area contributed by atoms with Gasteiger partial charge in [0, 0.05) is 23.0 Å². The van der Waals surface area contributed by atoms with Crippen molar-refractivity contribution in [1.82, 2.24) is 9.97 Å². The van der Waals surface area contributed by atoms with E-state index in [1.807, 2.05) is 0 Å². The predicted molar refractivity (Wildman–Crippen MR) is 71.3 cm³/mol. The molecule has 18 heavy (non-hydrogen) atoms. The van der Waals surface area contributed by atoms with E-state index in [9.17, 15) is 5.11 Å². The molecule has 0 bridgehead atoms. The summed E-state index contributed by atoms with van der Waals surface area (Å²) >= 11 is 5.86. The lowest BCUT2D eigenvalue weighted by atomic mass is 9.83. The Balaban J connectivity index is 2.58. The molecule has 0 aliphatic carbocycles. The first-order chi connectivity index (χ1) is 8.55. The molecule has 3 nitrogen and oxygen atoms in total. The molecule has 2 rings (SSSR count). The van der Waals surface area contributed by atoms with Crippen LogP contribution in [0.2, 0.25) is 5.02 Å². The van der Waals surface area contributed by atoms with E-state index in [0.29, 0.717) is 21.7 Å². The minimum atomic E-state index is -1.30. The van der Waals surface area contributed by atoms with Crippen LogP contribution < -0.4 is 0 Å². The molecule has 0 saturated heterocycles. The van der Waals surface area contributed by atoms with Crippen LogP contribution in [0.4, 0.5) is 0 Å². The first kappa shape index (κ1) is 12.7. The molecule has 2 aromatic rings. The Morgan fingerprint density at radius 1 is 1.17 bits per heavy atom. The van der Waals surface area contributed by atoms with E-state index < -0.39 is 5.60 Å². The average Bonchev–Trinajstić information content (AvgIpc) is 2.39. The van der Waals surface area contributed by atoms with Gasteiger partial charge in [0.1, 0.15) is 11.9 Å². The van der Waals surface area contributed by atoms with Crippen LogP contribution in [0.25, 0.3) is 0 Å². The third-order valence-electron chi connectivity index (χ3n) is 2.86. The van der Waals surface area contributed by atoms with Crippen LogP contribution in [0.3, 0.4) is 0 Å². The van der Waals surface area contributed by atoms with Crippen LogP contribution in [0.5, 0.6) is 0 Å². The molecular formula is C14H13ClN2O. The van der Waals surface area contributed by atoms with Crippen LogP contribution in [-0.4, -0.2) is 15.1 Å². The van der Waals surface area contributed by atoms with Crippen LogP contribution in [0, 0.1) is 0 Å². The highest BCUT2D eigenvalue weighted by Crippen LogP contribution is 2.35. The van der Waals surface area contributed by atoms with Gasteiger partial charge in [0.25, 0.3) is 0 Å². The molecule has 1 aromatic carbocycles. The highest BCUT2D eigenvalue weighted by molar-refractivity contribution is 6.30. The second-order valence-corrected chi connectivity index (χ2v) is 4.56. The monoisotopic (exact) mass is 260 g/mol. The van der Waals surface area contributed by atoms with E-state index >= 15 is 0 Å². The van der Waals surface area contributed by atoms with E-state index in [1.54, 1.807) is 43.6 Å². The maximum Gasteiger partial charge on any atom is 0.139 e. The molecule has 0 aliphatic heterocycles. The van der Waals surface area contributed by atoms with E-state index in [-0.39, 0.29) is 0 Å². The number of hydrogen-bond donors (Lipinski definition) is 1. The predicted octanol–water partition coefficient (Wildman–Crippen LogP) is 2.94. The van der Waals surface area contributed by atoms with Gasteiger partial charge in [-0.1, -0.05) is 30.3 Å².